The van der Waals surface area contributed by atoms with Crippen LogP contribution in [0.25, 0.3) is 0 Å². The topological polar surface area (TPSA) is 205 Å². The summed E-state index contributed by atoms with van der Waals surface area (Å²) in [6.45, 7) is 39.0. The van der Waals surface area contributed by atoms with E-state index >= 15 is 0 Å². The number of hydrogen-bond acceptors (Lipinski definition) is 12. The van der Waals surface area contributed by atoms with E-state index in [0.717, 1.165) is 0 Å². The molecule has 0 saturated carbocycles. The van der Waals surface area contributed by atoms with Gasteiger partial charge in [0.25, 0.3) is 0 Å². The minimum atomic E-state index is 0. The summed E-state index contributed by atoms with van der Waals surface area (Å²) in [6.07, 6.45) is 0. The summed E-state index contributed by atoms with van der Waals surface area (Å²) in [7, 11) is 0. The zero-order valence-corrected chi connectivity index (χ0v) is 16.9. The van der Waals surface area contributed by atoms with E-state index in [2.05, 4.69) is 81.5 Å². The Hall–Kier alpha value is -2.71. The summed E-state index contributed by atoms with van der Waals surface area (Å²) >= 11 is 0. The van der Waals surface area contributed by atoms with E-state index < -0.39 is 0 Å². The van der Waals surface area contributed by atoms with Crippen molar-refractivity contribution in [3.63, 3.8) is 0 Å². The molecule has 0 aromatic heterocycles. The molecule has 0 aliphatic rings. The van der Waals surface area contributed by atoms with Crippen molar-refractivity contribution in [1.82, 2.24) is 0 Å². The van der Waals surface area contributed by atoms with Crippen LogP contribution in [-0.4, -0.2) is 81.5 Å². The quantitative estimate of drug-likeness (QED) is 0.202. The van der Waals surface area contributed by atoms with Gasteiger partial charge in [0.05, 0.1) is 0 Å². The van der Waals surface area contributed by atoms with Crippen LogP contribution < -0.4 is 0 Å². The first-order chi connectivity index (χ1) is 12.0. The van der Waals surface area contributed by atoms with Crippen molar-refractivity contribution in [2.75, 3.05) is 0 Å². The van der Waals surface area contributed by atoms with Crippen molar-refractivity contribution in [2.45, 2.75) is 0 Å². The molecular weight excluding hydrogens is 576 g/mol. The first-order valence-corrected chi connectivity index (χ1v) is 2.83. The van der Waals surface area contributed by atoms with Gasteiger partial charge >= 0.3 is 0 Å². The average molecular weight is 588 g/mol. The van der Waals surface area contributed by atoms with E-state index in [-0.39, 0.29) is 39.2 Å². The van der Waals surface area contributed by atoms with Crippen LogP contribution in [0, 0.1) is 0 Å². The molecule has 0 amide bonds. The molecule has 26 heavy (non-hydrogen) atoms. The second kappa shape index (κ2) is 1370. The summed E-state index contributed by atoms with van der Waals surface area (Å²) in [5.74, 6) is 0. The first-order valence-electron chi connectivity index (χ1n) is 2.83. The molecule has 0 atom stereocenters. The molecule has 0 aromatic rings. The zero-order valence-electron chi connectivity index (χ0n) is 12.6. The second-order valence-corrected chi connectivity index (χ2v) is 0. The third-order valence-electron chi connectivity index (χ3n) is 0. The van der Waals surface area contributed by atoms with E-state index in [1.54, 1.807) is 0 Å². The fourth-order valence-electron chi connectivity index (χ4n) is 0. The van der Waals surface area contributed by atoms with Crippen molar-refractivity contribution in [2.24, 2.45) is 0 Å². The molecule has 12 nitrogen and oxygen atoms in total. The molecule has 0 unspecified atom stereocenters. The van der Waals surface area contributed by atoms with E-state index in [1.807, 2.05) is 0 Å². The summed E-state index contributed by atoms with van der Waals surface area (Å²) < 4.78 is 0. The molecule has 0 N–H and O–H groups in total. The Morgan fingerprint density at radius 3 is 0.192 bits per heavy atom. The molecule has 2 radical (unpaired) electrons. The van der Waals surface area contributed by atoms with Gasteiger partial charge in [-0.05, 0) is 0 Å². The van der Waals surface area contributed by atoms with Crippen LogP contribution in [-0.2, 0) is 96.7 Å². The van der Waals surface area contributed by atoms with Crippen molar-refractivity contribution in [3.8, 4) is 0 Å². The van der Waals surface area contributed by atoms with Gasteiger partial charge in [-0.3, -0.25) is 81.5 Å². The van der Waals surface area contributed by atoms with Crippen LogP contribution in [0.15, 0.2) is 0 Å². The minimum Gasteiger partial charge on any atom is -0.545 e. The molecule has 0 rings (SSSR count). The van der Waals surface area contributed by atoms with Gasteiger partial charge in [-0.15, -0.1) is 0 Å². The smallest absolute Gasteiger partial charge is 0 e. The Morgan fingerprint density at radius 1 is 0.192 bits per heavy atom. The van der Waals surface area contributed by atoms with Crippen LogP contribution in [0.5, 0.6) is 0 Å². The van der Waals surface area contributed by atoms with Crippen LogP contribution in [0.4, 0.5) is 0 Å². The van der Waals surface area contributed by atoms with Gasteiger partial charge in [0.15, 0.2) is 0 Å². The molecule has 0 aliphatic heterocycles. The fourth-order valence-corrected chi connectivity index (χ4v) is 0. The van der Waals surface area contributed by atoms with Gasteiger partial charge in [0.1, 0.15) is 0 Å². The van der Waals surface area contributed by atoms with Gasteiger partial charge in [0.2, 0.25) is 0 Å². The molecule has 0 fully saturated rings. The first kappa shape index (κ1) is 134. The number of hydrogen-bond donors (Lipinski definition) is 0. The normalized spacial score (nSPS) is 1.85. The molecule has 158 valence electrons. The van der Waals surface area contributed by atoms with Gasteiger partial charge < -0.3 is 57.5 Å². The Balaban J connectivity index is -0.00000000500. The Bertz CT molecular complexity index is 79.2. The molecule has 0 heterocycles. The van der Waals surface area contributed by atoms with Crippen molar-refractivity contribution >= 4 is 81.5 Å². The summed E-state index contributed by atoms with van der Waals surface area (Å²) in [5.41, 5.74) is 0. The average Bonchev–Trinajstić information content (AvgIpc) is 2.84. The van der Waals surface area contributed by atoms with Gasteiger partial charge in [-0.25, -0.2) is 0 Å². The fraction of sp³-hybridized carbons (Fsp3) is 0. The summed E-state index contributed by atoms with van der Waals surface area (Å²) in [4.78, 5) is 93.0. The summed E-state index contributed by atoms with van der Waals surface area (Å²) in [5, 5.41) is 0. The molecular formula is C12H12CoO12Ta-12. The van der Waals surface area contributed by atoms with Crippen molar-refractivity contribution in [1.29, 1.82) is 0 Å². The number of carbonyl (C=O) groups excluding carboxylic acids is 12. The maximum atomic E-state index is 7.75. The summed E-state index contributed by atoms with van der Waals surface area (Å²) in [6, 6.07) is 0. The monoisotopic (exact) mass is 588 g/mol. The van der Waals surface area contributed by atoms with Gasteiger partial charge in [-0.1, -0.05) is 0 Å². The molecule has 14 heteroatoms. The van der Waals surface area contributed by atoms with Gasteiger partial charge in [-0.2, -0.15) is 0 Å². The Kier molecular flexibility index (Phi) is 7080. The van der Waals surface area contributed by atoms with Crippen LogP contribution in [0.2, 0.25) is 0 Å². The number of rotatable bonds is 0. The Morgan fingerprint density at radius 2 is 0.192 bits per heavy atom. The molecule has 0 aromatic carbocycles. The SMILES string of the molecule is [CH-]=O.[CH-]=O.[CH-]=O.[CH-]=O.[CH-]=O.[CH-]=O.[CH-]=O.[CH-]=O.[CH-]=O.[CH-]=O.[CH-]=O.[CH-]=O.[Co].[Ta]. The predicted octanol–water partition coefficient (Wildman–Crippen LogP) is -3.29. The van der Waals surface area contributed by atoms with Crippen LogP contribution >= 0.6 is 0 Å². The maximum Gasteiger partial charge on any atom is 0 e. The molecule has 0 saturated heterocycles. The van der Waals surface area contributed by atoms with Crippen molar-refractivity contribution in [3.05, 3.63) is 0 Å². The van der Waals surface area contributed by atoms with Crippen LogP contribution in [0.3, 0.4) is 0 Å². The predicted molar refractivity (Wildman–Crippen MR) is 81.0 cm³/mol. The second-order valence-electron chi connectivity index (χ2n) is 0. The third kappa shape index (κ3) is 1190. The van der Waals surface area contributed by atoms with Crippen molar-refractivity contribution < 1.29 is 96.7 Å². The largest absolute Gasteiger partial charge is 0.545 e. The maximum absolute atomic E-state index is 7.75. The molecule has 0 bridgehead atoms. The van der Waals surface area contributed by atoms with E-state index in [0.29, 0.717) is 0 Å². The van der Waals surface area contributed by atoms with Gasteiger partial charge in [0, 0.05) is 39.2 Å². The minimum absolute atomic E-state index is 0. The molecule has 0 spiro atoms. The van der Waals surface area contributed by atoms with E-state index in [9.17, 15) is 0 Å². The molecule has 0 aliphatic carbocycles. The third-order valence-corrected chi connectivity index (χ3v) is 0. The van der Waals surface area contributed by atoms with Crippen LogP contribution in [0.1, 0.15) is 0 Å². The standard InChI is InChI=1S/12CHO.Co.Ta/c12*1-2;;/h12*1H;;/q12*-1;;. The van der Waals surface area contributed by atoms with E-state index in [1.165, 1.54) is 0 Å². The van der Waals surface area contributed by atoms with E-state index in [4.69, 9.17) is 57.5 Å². The Labute approximate surface area is 178 Å². The zero-order chi connectivity index (χ0) is 24.0.